The van der Waals surface area contributed by atoms with E-state index in [4.69, 9.17) is 4.42 Å². The zero-order valence-electron chi connectivity index (χ0n) is 19.0. The van der Waals surface area contributed by atoms with Gasteiger partial charge >= 0.3 is 0 Å². The van der Waals surface area contributed by atoms with Crippen molar-refractivity contribution in [3.8, 4) is 0 Å². The van der Waals surface area contributed by atoms with Crippen LogP contribution in [-0.4, -0.2) is 36.6 Å². The highest BCUT2D eigenvalue weighted by molar-refractivity contribution is 5.79. The molecule has 0 saturated heterocycles. The van der Waals surface area contributed by atoms with E-state index in [0.717, 1.165) is 46.6 Å². The van der Waals surface area contributed by atoms with Gasteiger partial charge in [0.1, 0.15) is 12.3 Å². The summed E-state index contributed by atoms with van der Waals surface area (Å²) in [7, 11) is 0. The van der Waals surface area contributed by atoms with Crippen molar-refractivity contribution >= 4 is 10.9 Å². The molecule has 5 rings (SSSR count). The minimum absolute atomic E-state index is 0.0713. The van der Waals surface area contributed by atoms with E-state index in [9.17, 15) is 4.79 Å². The van der Waals surface area contributed by atoms with E-state index in [0.29, 0.717) is 19.6 Å². The van der Waals surface area contributed by atoms with Gasteiger partial charge in [-0.25, -0.2) is 4.68 Å². The third-order valence-corrected chi connectivity index (χ3v) is 5.89. The van der Waals surface area contributed by atoms with Crippen LogP contribution in [-0.2, 0) is 26.1 Å². The summed E-state index contributed by atoms with van der Waals surface area (Å²) in [5.41, 5.74) is 3.86. The highest BCUT2D eigenvalue weighted by Crippen LogP contribution is 2.15. The molecule has 8 nitrogen and oxygen atoms in total. The minimum atomic E-state index is -0.0713. The van der Waals surface area contributed by atoms with Gasteiger partial charge in [0.05, 0.1) is 12.8 Å². The van der Waals surface area contributed by atoms with Crippen molar-refractivity contribution in [1.29, 1.82) is 0 Å². The zero-order chi connectivity index (χ0) is 23.3. The number of rotatable bonds is 9. The molecule has 0 radical (unpaired) electrons. The molecule has 3 heterocycles. The smallest absolute Gasteiger partial charge is 0.252 e. The van der Waals surface area contributed by atoms with Gasteiger partial charge in [0.2, 0.25) is 0 Å². The minimum Gasteiger partial charge on any atom is -0.467 e. The summed E-state index contributed by atoms with van der Waals surface area (Å²) in [5.74, 6) is 1.50. The normalized spacial score (nSPS) is 11.5. The molecule has 5 aromatic rings. The number of hydrogen-bond donors (Lipinski definition) is 1. The fraction of sp³-hybridized carbons (Fsp3) is 0.231. The van der Waals surface area contributed by atoms with Gasteiger partial charge in [0, 0.05) is 24.2 Å². The Labute approximate surface area is 196 Å². The van der Waals surface area contributed by atoms with Gasteiger partial charge in [-0.2, -0.15) is 0 Å². The van der Waals surface area contributed by atoms with Crippen LogP contribution in [0.3, 0.4) is 0 Å². The van der Waals surface area contributed by atoms with Crippen molar-refractivity contribution in [1.82, 2.24) is 30.1 Å². The Bertz CT molecular complexity index is 1420. The average molecular weight is 455 g/mol. The summed E-state index contributed by atoms with van der Waals surface area (Å²) in [4.78, 5) is 18.1. The molecule has 0 amide bonds. The fourth-order valence-electron chi connectivity index (χ4n) is 4.07. The predicted molar refractivity (Wildman–Crippen MR) is 129 cm³/mol. The number of benzene rings is 2. The second-order valence-corrected chi connectivity index (χ2v) is 8.49. The summed E-state index contributed by atoms with van der Waals surface area (Å²) in [6, 6.07) is 22.1. The van der Waals surface area contributed by atoms with Gasteiger partial charge in [0.15, 0.2) is 5.82 Å². The number of aromatic amines is 1. The second-order valence-electron chi connectivity index (χ2n) is 8.49. The van der Waals surface area contributed by atoms with Crippen molar-refractivity contribution in [2.24, 2.45) is 0 Å². The maximum atomic E-state index is 12.9. The Kier molecular flexibility index (Phi) is 6.31. The molecule has 0 aliphatic heterocycles. The van der Waals surface area contributed by atoms with Crippen LogP contribution in [0, 0.1) is 6.92 Å². The number of furan rings is 1. The molecular weight excluding hydrogens is 428 g/mol. The maximum Gasteiger partial charge on any atom is 0.252 e. The first-order valence-corrected chi connectivity index (χ1v) is 11.3. The van der Waals surface area contributed by atoms with E-state index in [-0.39, 0.29) is 5.56 Å². The third kappa shape index (κ3) is 5.13. The molecular formula is C26H26N6O2. The standard InChI is InChI=1S/C26H26N6O2/c1-19-9-10-21-15-22(26(33)27-24(21)14-19)16-31(12-11-20-6-3-2-4-7-20)18-25-28-29-30-32(25)17-23-8-5-13-34-23/h2-10,13-15H,11-12,16-18H2,1H3,(H,27,33). The molecule has 0 fully saturated rings. The summed E-state index contributed by atoms with van der Waals surface area (Å²) >= 11 is 0. The fourth-order valence-corrected chi connectivity index (χ4v) is 4.07. The lowest BCUT2D eigenvalue weighted by Gasteiger charge is -2.22. The van der Waals surface area contributed by atoms with Crippen molar-refractivity contribution in [3.63, 3.8) is 0 Å². The van der Waals surface area contributed by atoms with Crippen LogP contribution in [0.4, 0.5) is 0 Å². The van der Waals surface area contributed by atoms with Gasteiger partial charge < -0.3 is 9.40 Å². The summed E-state index contributed by atoms with van der Waals surface area (Å²) in [6.07, 6.45) is 2.49. The quantitative estimate of drug-likeness (QED) is 0.365. The predicted octanol–water partition coefficient (Wildman–Crippen LogP) is 3.71. The van der Waals surface area contributed by atoms with Crippen molar-refractivity contribution in [2.75, 3.05) is 6.54 Å². The van der Waals surface area contributed by atoms with Crippen LogP contribution >= 0.6 is 0 Å². The van der Waals surface area contributed by atoms with Crippen LogP contribution in [0.5, 0.6) is 0 Å². The first kappa shape index (κ1) is 21.8. The molecule has 2 aromatic carbocycles. The van der Waals surface area contributed by atoms with Gasteiger partial charge in [-0.1, -0.05) is 42.5 Å². The number of nitrogens with zero attached hydrogens (tertiary/aromatic N) is 5. The largest absolute Gasteiger partial charge is 0.467 e. The molecule has 34 heavy (non-hydrogen) atoms. The van der Waals surface area contributed by atoms with E-state index >= 15 is 0 Å². The lowest BCUT2D eigenvalue weighted by atomic mass is 10.1. The van der Waals surface area contributed by atoms with Crippen LogP contribution in [0.2, 0.25) is 0 Å². The molecule has 0 saturated carbocycles. The number of nitrogens with one attached hydrogen (secondary N) is 1. The molecule has 0 bridgehead atoms. The average Bonchev–Trinajstić information content (AvgIpc) is 3.51. The summed E-state index contributed by atoms with van der Waals surface area (Å²) in [5, 5.41) is 13.3. The molecule has 8 heteroatoms. The molecule has 0 aliphatic rings. The Balaban J connectivity index is 1.40. The Morgan fingerprint density at radius 3 is 2.74 bits per heavy atom. The number of H-pyrrole nitrogens is 1. The van der Waals surface area contributed by atoms with Crippen LogP contribution in [0.1, 0.15) is 28.3 Å². The van der Waals surface area contributed by atoms with E-state index in [1.54, 1.807) is 10.9 Å². The zero-order valence-corrected chi connectivity index (χ0v) is 19.0. The van der Waals surface area contributed by atoms with E-state index < -0.39 is 0 Å². The van der Waals surface area contributed by atoms with Crippen molar-refractivity contribution in [3.05, 3.63) is 112 Å². The number of hydrogen-bond acceptors (Lipinski definition) is 6. The first-order chi connectivity index (χ1) is 16.6. The topological polar surface area (TPSA) is 92.8 Å². The van der Waals surface area contributed by atoms with Crippen LogP contribution in [0.15, 0.2) is 82.2 Å². The van der Waals surface area contributed by atoms with Crippen LogP contribution in [0.25, 0.3) is 10.9 Å². The van der Waals surface area contributed by atoms with E-state index in [1.165, 1.54) is 5.56 Å². The summed E-state index contributed by atoms with van der Waals surface area (Å²) < 4.78 is 7.20. The number of aryl methyl sites for hydroxylation is 1. The molecule has 3 aromatic heterocycles. The van der Waals surface area contributed by atoms with Crippen molar-refractivity contribution in [2.45, 2.75) is 33.0 Å². The van der Waals surface area contributed by atoms with Crippen LogP contribution < -0.4 is 5.56 Å². The highest BCUT2D eigenvalue weighted by atomic mass is 16.3. The van der Waals surface area contributed by atoms with E-state index in [1.807, 2.05) is 55.5 Å². The molecule has 172 valence electrons. The molecule has 0 unspecified atom stereocenters. The molecule has 0 spiro atoms. The third-order valence-electron chi connectivity index (χ3n) is 5.89. The van der Waals surface area contributed by atoms with Gasteiger partial charge in [-0.3, -0.25) is 9.69 Å². The lowest BCUT2D eigenvalue weighted by molar-refractivity contribution is 0.247. The SMILES string of the molecule is Cc1ccc2cc(CN(CCc3ccccc3)Cc3nnnn3Cc3ccco3)c(=O)[nH]c2c1. The Morgan fingerprint density at radius 2 is 1.91 bits per heavy atom. The number of pyridine rings is 1. The summed E-state index contributed by atoms with van der Waals surface area (Å²) in [6.45, 7) is 4.22. The van der Waals surface area contributed by atoms with Gasteiger partial charge in [0.25, 0.3) is 5.56 Å². The lowest BCUT2D eigenvalue weighted by Crippen LogP contribution is -2.30. The monoisotopic (exact) mass is 454 g/mol. The second kappa shape index (κ2) is 9.84. The maximum absolute atomic E-state index is 12.9. The van der Waals surface area contributed by atoms with Gasteiger partial charge in [-0.05, 0) is 64.5 Å². The number of tetrazole rings is 1. The Morgan fingerprint density at radius 1 is 1.03 bits per heavy atom. The molecule has 0 aliphatic carbocycles. The number of aromatic nitrogens is 5. The molecule has 1 N–H and O–H groups in total. The van der Waals surface area contributed by atoms with E-state index in [2.05, 4.69) is 43.6 Å². The van der Waals surface area contributed by atoms with Crippen molar-refractivity contribution < 1.29 is 4.42 Å². The first-order valence-electron chi connectivity index (χ1n) is 11.3. The number of fused-ring (bicyclic) bond motifs is 1. The Hall–Kier alpha value is -4.04. The van der Waals surface area contributed by atoms with Gasteiger partial charge in [-0.15, -0.1) is 5.10 Å². The highest BCUT2D eigenvalue weighted by Gasteiger charge is 2.16. The molecule has 0 atom stereocenters.